The molecule has 27 heavy (non-hydrogen) atoms. The molecule has 2 aliphatic rings. The Morgan fingerprint density at radius 1 is 1.19 bits per heavy atom. The highest BCUT2D eigenvalue weighted by Crippen LogP contribution is 2.51. The molecule has 1 aliphatic carbocycles. The van der Waals surface area contributed by atoms with Crippen molar-refractivity contribution >= 4 is 0 Å². The molecule has 5 nitrogen and oxygen atoms in total. The van der Waals surface area contributed by atoms with E-state index in [4.69, 9.17) is 5.73 Å². The summed E-state index contributed by atoms with van der Waals surface area (Å²) in [6, 6.07) is 16.7. The van der Waals surface area contributed by atoms with Crippen molar-refractivity contribution in [2.75, 3.05) is 13.1 Å². The number of nitriles is 3. The maximum absolute atomic E-state index is 9.88. The van der Waals surface area contributed by atoms with E-state index in [1.807, 2.05) is 25.1 Å². The maximum Gasteiger partial charge on any atom is 0.187 e. The van der Waals surface area contributed by atoms with Crippen LogP contribution in [0.2, 0.25) is 0 Å². The molecule has 1 aromatic rings. The molecular formula is C22H23N5. The molecule has 0 radical (unpaired) electrons. The van der Waals surface area contributed by atoms with E-state index in [2.05, 4.69) is 41.3 Å². The largest absolute Gasteiger partial charge is 0.399 e. The van der Waals surface area contributed by atoms with Gasteiger partial charge in [0.1, 0.15) is 6.07 Å². The molecule has 0 saturated carbocycles. The molecular weight excluding hydrogens is 334 g/mol. The van der Waals surface area contributed by atoms with Gasteiger partial charge in [0.25, 0.3) is 0 Å². The maximum atomic E-state index is 9.88. The molecule has 0 bridgehead atoms. The van der Waals surface area contributed by atoms with Crippen molar-refractivity contribution in [1.82, 2.24) is 4.90 Å². The van der Waals surface area contributed by atoms with Gasteiger partial charge in [-0.25, -0.2) is 0 Å². The average Bonchev–Trinajstić information content (AvgIpc) is 2.70. The second-order valence-corrected chi connectivity index (χ2v) is 7.27. The highest BCUT2D eigenvalue weighted by Gasteiger charge is 2.53. The Hall–Kier alpha value is -3.07. The van der Waals surface area contributed by atoms with Crippen molar-refractivity contribution in [1.29, 1.82) is 15.8 Å². The lowest BCUT2D eigenvalue weighted by Gasteiger charge is -2.45. The van der Waals surface area contributed by atoms with Gasteiger partial charge in [-0.2, -0.15) is 15.8 Å². The predicted octanol–water partition coefficient (Wildman–Crippen LogP) is 3.24. The number of rotatable bonds is 4. The van der Waals surface area contributed by atoms with Gasteiger partial charge in [-0.05, 0) is 17.6 Å². The van der Waals surface area contributed by atoms with Crippen molar-refractivity contribution in [3.63, 3.8) is 0 Å². The van der Waals surface area contributed by atoms with E-state index < -0.39 is 5.41 Å². The molecule has 5 heteroatoms. The van der Waals surface area contributed by atoms with Crippen LogP contribution in [-0.4, -0.2) is 18.0 Å². The van der Waals surface area contributed by atoms with E-state index >= 15 is 0 Å². The summed E-state index contributed by atoms with van der Waals surface area (Å²) in [6.07, 6.45) is 3.64. The quantitative estimate of drug-likeness (QED) is 0.891. The smallest absolute Gasteiger partial charge is 0.187 e. The molecule has 1 aliphatic heterocycles. The standard InChI is InChI=1S/C22H23N5/c1-2-6-20-19-13-27(12-16-7-4-3-5-8-16)10-9-17(19)18(11-23)21(26)22(20,14-24)15-25/h3-5,7-9,19-20H,2,6,10,12-13,26H2,1H3/t19-,20-/m0/s1. The number of allylic oxidation sites excluding steroid dienone is 2. The average molecular weight is 357 g/mol. The zero-order chi connectivity index (χ0) is 19.4. The van der Waals surface area contributed by atoms with Crippen LogP contribution < -0.4 is 5.73 Å². The Labute approximate surface area is 160 Å². The van der Waals surface area contributed by atoms with Crippen molar-refractivity contribution in [3.05, 3.63) is 58.8 Å². The molecule has 1 aromatic carbocycles. The second kappa shape index (κ2) is 7.67. The Balaban J connectivity index is 2.02. The summed E-state index contributed by atoms with van der Waals surface area (Å²) in [6.45, 7) is 4.29. The number of benzene rings is 1. The Kier molecular flexibility index (Phi) is 5.31. The Bertz CT molecular complexity index is 877. The van der Waals surface area contributed by atoms with Gasteiger partial charge in [0, 0.05) is 31.5 Å². The molecule has 136 valence electrons. The third-order valence-corrected chi connectivity index (χ3v) is 5.76. The molecule has 1 heterocycles. The van der Waals surface area contributed by atoms with E-state index in [0.717, 1.165) is 38.0 Å². The fourth-order valence-electron chi connectivity index (χ4n) is 4.45. The summed E-state index contributed by atoms with van der Waals surface area (Å²) in [5, 5.41) is 29.4. The fraction of sp³-hybridized carbons (Fsp3) is 0.409. The first-order valence-electron chi connectivity index (χ1n) is 9.30. The van der Waals surface area contributed by atoms with E-state index in [0.29, 0.717) is 5.57 Å². The van der Waals surface area contributed by atoms with Gasteiger partial charge in [0.15, 0.2) is 5.41 Å². The van der Waals surface area contributed by atoms with Crippen LogP contribution in [0.5, 0.6) is 0 Å². The molecule has 0 spiro atoms. The molecule has 2 atom stereocenters. The first kappa shape index (κ1) is 18.7. The SMILES string of the molecule is CCC[C@H]1[C@H]2CN(Cc3ccccc3)CC=C2C(C#N)=C(N)C1(C#N)C#N. The Morgan fingerprint density at radius 2 is 1.89 bits per heavy atom. The third kappa shape index (κ3) is 3.10. The molecule has 0 amide bonds. The van der Waals surface area contributed by atoms with Gasteiger partial charge in [-0.15, -0.1) is 0 Å². The topological polar surface area (TPSA) is 101 Å². The van der Waals surface area contributed by atoms with E-state index in [1.54, 1.807) is 0 Å². The normalized spacial score (nSPS) is 24.1. The molecule has 0 aromatic heterocycles. The molecule has 0 fully saturated rings. The monoisotopic (exact) mass is 357 g/mol. The molecule has 0 saturated heterocycles. The van der Waals surface area contributed by atoms with Gasteiger partial charge in [0.05, 0.1) is 23.4 Å². The number of nitrogens with two attached hydrogens (primary N) is 1. The lowest BCUT2D eigenvalue weighted by molar-refractivity contribution is 0.155. The van der Waals surface area contributed by atoms with Gasteiger partial charge in [0.2, 0.25) is 0 Å². The highest BCUT2D eigenvalue weighted by atomic mass is 15.1. The van der Waals surface area contributed by atoms with Gasteiger partial charge >= 0.3 is 0 Å². The van der Waals surface area contributed by atoms with Crippen LogP contribution in [-0.2, 0) is 6.54 Å². The van der Waals surface area contributed by atoms with Crippen LogP contribution in [0.1, 0.15) is 25.3 Å². The van der Waals surface area contributed by atoms with Crippen LogP contribution in [0.3, 0.4) is 0 Å². The van der Waals surface area contributed by atoms with Gasteiger partial charge in [-0.3, -0.25) is 4.90 Å². The lowest BCUT2D eigenvalue weighted by Crippen LogP contribution is -2.49. The van der Waals surface area contributed by atoms with E-state index in [9.17, 15) is 15.8 Å². The summed E-state index contributed by atoms with van der Waals surface area (Å²) in [5.74, 6) is -0.247. The van der Waals surface area contributed by atoms with Crippen molar-refractivity contribution in [2.45, 2.75) is 26.3 Å². The second-order valence-electron chi connectivity index (χ2n) is 7.27. The first-order valence-corrected chi connectivity index (χ1v) is 9.30. The predicted molar refractivity (Wildman–Crippen MR) is 102 cm³/mol. The zero-order valence-corrected chi connectivity index (χ0v) is 15.5. The van der Waals surface area contributed by atoms with E-state index in [-0.39, 0.29) is 17.5 Å². The number of hydrogen-bond donors (Lipinski definition) is 1. The van der Waals surface area contributed by atoms with Crippen LogP contribution >= 0.6 is 0 Å². The minimum atomic E-state index is -1.43. The first-order chi connectivity index (χ1) is 13.1. The minimum Gasteiger partial charge on any atom is -0.399 e. The minimum absolute atomic E-state index is 0.0383. The Morgan fingerprint density at radius 3 is 2.48 bits per heavy atom. The number of hydrogen-bond acceptors (Lipinski definition) is 5. The summed E-state index contributed by atoms with van der Waals surface area (Å²) >= 11 is 0. The van der Waals surface area contributed by atoms with Crippen molar-refractivity contribution in [3.8, 4) is 18.2 Å². The highest BCUT2D eigenvalue weighted by molar-refractivity contribution is 5.56. The van der Waals surface area contributed by atoms with Crippen LogP contribution in [0, 0.1) is 51.2 Å². The van der Waals surface area contributed by atoms with Crippen LogP contribution in [0.15, 0.2) is 53.3 Å². The molecule has 0 unspecified atom stereocenters. The van der Waals surface area contributed by atoms with Gasteiger partial charge in [-0.1, -0.05) is 49.8 Å². The fourth-order valence-corrected chi connectivity index (χ4v) is 4.45. The molecule has 2 N–H and O–H groups in total. The van der Waals surface area contributed by atoms with E-state index in [1.165, 1.54) is 5.56 Å². The van der Waals surface area contributed by atoms with Crippen LogP contribution in [0.25, 0.3) is 0 Å². The van der Waals surface area contributed by atoms with Crippen molar-refractivity contribution in [2.24, 2.45) is 23.0 Å². The summed E-state index contributed by atoms with van der Waals surface area (Å²) < 4.78 is 0. The summed E-state index contributed by atoms with van der Waals surface area (Å²) in [7, 11) is 0. The molecule has 3 rings (SSSR count). The summed E-state index contributed by atoms with van der Waals surface area (Å²) in [4.78, 5) is 2.31. The zero-order valence-electron chi connectivity index (χ0n) is 15.5. The summed E-state index contributed by atoms with van der Waals surface area (Å²) in [5.41, 5.74) is 7.40. The van der Waals surface area contributed by atoms with Gasteiger partial charge < -0.3 is 5.73 Å². The number of fused-ring (bicyclic) bond motifs is 1. The number of nitrogens with zero attached hydrogens (tertiary/aromatic N) is 4. The van der Waals surface area contributed by atoms with Crippen molar-refractivity contribution < 1.29 is 0 Å². The third-order valence-electron chi connectivity index (χ3n) is 5.76. The van der Waals surface area contributed by atoms with Crippen LogP contribution in [0.4, 0.5) is 0 Å². The lowest BCUT2D eigenvalue weighted by atomic mass is 9.59.